The summed E-state index contributed by atoms with van der Waals surface area (Å²) in [5.74, 6) is 5.40. The van der Waals surface area contributed by atoms with Gasteiger partial charge in [-0.05, 0) is 30.3 Å². The largest absolute Gasteiger partial charge is 0.492 e. The molecule has 1 aromatic heterocycles. The van der Waals surface area contributed by atoms with Gasteiger partial charge in [-0.2, -0.15) is 0 Å². The number of alkyl halides is 2. The second kappa shape index (κ2) is 10.8. The van der Waals surface area contributed by atoms with Crippen LogP contribution in [0.25, 0.3) is 10.9 Å². The molecular formula is C20H18Cl3N3O2. The minimum absolute atomic E-state index is 0. The molecule has 146 valence electrons. The molecule has 0 saturated carbocycles. The van der Waals surface area contributed by atoms with Gasteiger partial charge in [0.05, 0.1) is 23.0 Å². The van der Waals surface area contributed by atoms with Crippen LogP contribution in [0.1, 0.15) is 5.56 Å². The van der Waals surface area contributed by atoms with Gasteiger partial charge in [-0.1, -0.05) is 5.92 Å². The number of aromatic nitrogens is 2. The maximum Gasteiger partial charge on any atom is 0.142 e. The third-order valence-corrected chi connectivity index (χ3v) is 4.00. The summed E-state index contributed by atoms with van der Waals surface area (Å²) in [6.45, 7) is 0.820. The number of hydrogen-bond donors (Lipinski definition) is 1. The lowest BCUT2D eigenvalue weighted by Crippen LogP contribution is -2.03. The highest BCUT2D eigenvalue weighted by Gasteiger charge is 2.10. The Hall–Kier alpha value is -2.39. The van der Waals surface area contributed by atoms with Gasteiger partial charge in [0.1, 0.15) is 36.9 Å². The number of halogens is 3. The lowest BCUT2D eigenvalue weighted by molar-refractivity contribution is 0.343. The van der Waals surface area contributed by atoms with Crippen LogP contribution in [0.2, 0.25) is 0 Å². The SMILES string of the molecule is C#Cc1ccc(OCCCl)c(Nc2ncnc3cc(OCCCl)ccc23)c1.Cl. The van der Waals surface area contributed by atoms with Gasteiger partial charge in [0, 0.05) is 17.0 Å². The topological polar surface area (TPSA) is 56.3 Å². The predicted octanol–water partition coefficient (Wildman–Crippen LogP) is 5.01. The molecular weight excluding hydrogens is 421 g/mol. The number of terminal acetylenes is 1. The van der Waals surface area contributed by atoms with Crippen LogP contribution in [-0.2, 0) is 0 Å². The van der Waals surface area contributed by atoms with Gasteiger partial charge in [-0.15, -0.1) is 42.0 Å². The van der Waals surface area contributed by atoms with Crippen molar-refractivity contribution in [1.82, 2.24) is 9.97 Å². The molecule has 3 rings (SSSR count). The Balaban J connectivity index is 0.00000280. The molecule has 0 fully saturated rings. The summed E-state index contributed by atoms with van der Waals surface area (Å²) in [4.78, 5) is 8.67. The zero-order valence-electron chi connectivity index (χ0n) is 14.8. The quantitative estimate of drug-likeness (QED) is 0.396. The van der Waals surface area contributed by atoms with Gasteiger partial charge in [0.15, 0.2) is 0 Å². The van der Waals surface area contributed by atoms with Crippen molar-refractivity contribution >= 4 is 58.0 Å². The highest BCUT2D eigenvalue weighted by atomic mass is 35.5. The van der Waals surface area contributed by atoms with Crippen LogP contribution in [0.5, 0.6) is 11.5 Å². The molecule has 3 aromatic rings. The third-order valence-electron chi connectivity index (χ3n) is 3.69. The normalized spacial score (nSPS) is 10.0. The zero-order chi connectivity index (χ0) is 19.1. The maximum atomic E-state index is 5.73. The van der Waals surface area contributed by atoms with Crippen LogP contribution in [0.4, 0.5) is 11.5 Å². The molecule has 8 heteroatoms. The monoisotopic (exact) mass is 437 g/mol. The summed E-state index contributed by atoms with van der Waals surface area (Å²) in [7, 11) is 0. The second-order valence-electron chi connectivity index (χ2n) is 5.46. The molecule has 0 saturated heterocycles. The standard InChI is InChI=1S/C20H17Cl2N3O2.ClH/c1-2-14-3-6-19(27-10-8-22)18(11-14)25-20-16-5-4-15(26-9-7-21)12-17(16)23-13-24-20;/h1,3-6,11-13H,7-10H2,(H,23,24,25);1H. The van der Waals surface area contributed by atoms with Crippen LogP contribution in [0.3, 0.4) is 0 Å². The van der Waals surface area contributed by atoms with Crippen LogP contribution in [-0.4, -0.2) is 34.9 Å². The van der Waals surface area contributed by atoms with Crippen molar-refractivity contribution in [2.45, 2.75) is 0 Å². The lowest BCUT2D eigenvalue weighted by Gasteiger charge is -2.14. The average Bonchev–Trinajstić information content (AvgIpc) is 2.71. The van der Waals surface area contributed by atoms with Crippen molar-refractivity contribution in [2.75, 3.05) is 30.3 Å². The summed E-state index contributed by atoms with van der Waals surface area (Å²) < 4.78 is 11.2. The molecule has 1 N–H and O–H groups in total. The fourth-order valence-electron chi connectivity index (χ4n) is 2.50. The molecule has 0 bridgehead atoms. The summed E-state index contributed by atoms with van der Waals surface area (Å²) >= 11 is 11.4. The van der Waals surface area contributed by atoms with E-state index in [1.807, 2.05) is 36.4 Å². The van der Waals surface area contributed by atoms with Gasteiger partial charge < -0.3 is 14.8 Å². The number of nitrogens with zero attached hydrogens (tertiary/aromatic N) is 2. The molecule has 0 atom stereocenters. The fraction of sp³-hybridized carbons (Fsp3) is 0.200. The van der Waals surface area contributed by atoms with Crippen molar-refractivity contribution < 1.29 is 9.47 Å². The minimum atomic E-state index is 0. The number of fused-ring (bicyclic) bond motifs is 1. The minimum Gasteiger partial charge on any atom is -0.492 e. The Morgan fingerprint density at radius 2 is 1.79 bits per heavy atom. The molecule has 1 heterocycles. The van der Waals surface area contributed by atoms with Crippen molar-refractivity contribution in [1.29, 1.82) is 0 Å². The molecule has 0 spiro atoms. The Morgan fingerprint density at radius 3 is 2.54 bits per heavy atom. The molecule has 0 radical (unpaired) electrons. The molecule has 2 aromatic carbocycles. The fourth-order valence-corrected chi connectivity index (χ4v) is 2.66. The number of rotatable bonds is 8. The van der Waals surface area contributed by atoms with Gasteiger partial charge in [0.2, 0.25) is 0 Å². The van der Waals surface area contributed by atoms with Crippen LogP contribution in [0.15, 0.2) is 42.7 Å². The van der Waals surface area contributed by atoms with E-state index in [0.717, 1.165) is 16.5 Å². The smallest absolute Gasteiger partial charge is 0.142 e. The number of nitrogens with one attached hydrogen (secondary N) is 1. The predicted molar refractivity (Wildman–Crippen MR) is 117 cm³/mol. The van der Waals surface area contributed by atoms with Crippen molar-refractivity contribution in [3.8, 4) is 23.8 Å². The first kappa shape index (κ1) is 21.9. The Labute approximate surface area is 179 Å². The number of benzene rings is 2. The molecule has 0 aliphatic rings. The third kappa shape index (κ3) is 5.32. The summed E-state index contributed by atoms with van der Waals surface area (Å²) in [5, 5.41) is 4.12. The number of anilines is 2. The van der Waals surface area contributed by atoms with Gasteiger partial charge in [-0.25, -0.2) is 9.97 Å². The summed E-state index contributed by atoms with van der Waals surface area (Å²) in [6, 6.07) is 11.0. The van der Waals surface area contributed by atoms with E-state index in [2.05, 4.69) is 21.2 Å². The lowest BCUT2D eigenvalue weighted by atomic mass is 10.1. The van der Waals surface area contributed by atoms with E-state index in [-0.39, 0.29) is 12.4 Å². The van der Waals surface area contributed by atoms with E-state index in [9.17, 15) is 0 Å². The average molecular weight is 439 g/mol. The van der Waals surface area contributed by atoms with Crippen LogP contribution < -0.4 is 14.8 Å². The van der Waals surface area contributed by atoms with Crippen LogP contribution in [0, 0.1) is 12.3 Å². The number of hydrogen-bond acceptors (Lipinski definition) is 5. The zero-order valence-corrected chi connectivity index (χ0v) is 17.2. The van der Waals surface area contributed by atoms with Gasteiger partial charge >= 0.3 is 0 Å². The van der Waals surface area contributed by atoms with Crippen molar-refractivity contribution in [3.05, 3.63) is 48.3 Å². The van der Waals surface area contributed by atoms with E-state index >= 15 is 0 Å². The maximum absolute atomic E-state index is 5.73. The molecule has 0 unspecified atom stereocenters. The molecule has 28 heavy (non-hydrogen) atoms. The molecule has 0 aliphatic carbocycles. The molecule has 0 amide bonds. The van der Waals surface area contributed by atoms with E-state index in [1.165, 1.54) is 6.33 Å². The first-order chi connectivity index (χ1) is 13.2. The van der Waals surface area contributed by atoms with E-state index < -0.39 is 0 Å². The van der Waals surface area contributed by atoms with Gasteiger partial charge in [0.25, 0.3) is 0 Å². The van der Waals surface area contributed by atoms with Gasteiger partial charge in [-0.3, -0.25) is 0 Å². The summed E-state index contributed by atoms with van der Waals surface area (Å²) in [6.07, 6.45) is 7.01. The van der Waals surface area contributed by atoms with E-state index in [4.69, 9.17) is 39.1 Å². The van der Waals surface area contributed by atoms with Crippen molar-refractivity contribution in [2.24, 2.45) is 0 Å². The first-order valence-corrected chi connectivity index (χ1v) is 9.32. The Bertz CT molecular complexity index is 977. The number of ether oxygens (including phenoxy) is 2. The second-order valence-corrected chi connectivity index (χ2v) is 6.21. The van der Waals surface area contributed by atoms with Crippen molar-refractivity contribution in [3.63, 3.8) is 0 Å². The van der Waals surface area contributed by atoms with E-state index in [0.29, 0.717) is 48.0 Å². The Morgan fingerprint density at radius 1 is 1.00 bits per heavy atom. The highest BCUT2D eigenvalue weighted by Crippen LogP contribution is 2.31. The first-order valence-electron chi connectivity index (χ1n) is 8.25. The van der Waals surface area contributed by atoms with E-state index in [1.54, 1.807) is 0 Å². The molecule has 5 nitrogen and oxygen atoms in total. The highest BCUT2D eigenvalue weighted by molar-refractivity contribution is 6.18. The summed E-state index contributed by atoms with van der Waals surface area (Å²) in [5.41, 5.74) is 2.18. The Kier molecular flexibility index (Phi) is 8.46. The molecule has 0 aliphatic heterocycles. The van der Waals surface area contributed by atoms with Crippen LogP contribution >= 0.6 is 35.6 Å².